The number of hydrogen-bond donors (Lipinski definition) is 2. The number of likely N-dealkylation sites (tertiary alicyclic amines) is 1. The molecule has 4 aliphatic rings. The van der Waals surface area contributed by atoms with E-state index in [0.717, 1.165) is 43.6 Å². The standard InChI is InChI=1S/C20H24N4O3/c21-20-6-7-23(10-13(20)8-20)9-12-2-1-3-14-15(12)11-24(19(14)27)16-4-5-17(25)22-18(16)26/h1-3,13,16H,4-11,21H2,(H,22,25,26). The van der Waals surface area contributed by atoms with Crippen molar-refractivity contribution in [2.24, 2.45) is 11.7 Å². The normalized spacial score (nSPS) is 32.9. The topological polar surface area (TPSA) is 95.7 Å². The minimum Gasteiger partial charge on any atom is -0.325 e. The molecule has 0 radical (unpaired) electrons. The third-order valence-corrected chi connectivity index (χ3v) is 6.72. The summed E-state index contributed by atoms with van der Waals surface area (Å²) in [7, 11) is 0. The Labute approximate surface area is 157 Å². The van der Waals surface area contributed by atoms with Crippen molar-refractivity contribution in [3.63, 3.8) is 0 Å². The monoisotopic (exact) mass is 368 g/mol. The van der Waals surface area contributed by atoms with E-state index in [1.807, 2.05) is 12.1 Å². The number of amides is 3. The van der Waals surface area contributed by atoms with Gasteiger partial charge < -0.3 is 10.6 Å². The number of nitrogens with two attached hydrogens (primary N) is 1. The van der Waals surface area contributed by atoms with Crippen LogP contribution >= 0.6 is 0 Å². The van der Waals surface area contributed by atoms with Crippen LogP contribution in [0.4, 0.5) is 0 Å². The first kappa shape index (κ1) is 16.9. The highest BCUT2D eigenvalue weighted by molar-refractivity contribution is 6.05. The van der Waals surface area contributed by atoms with Crippen LogP contribution in [0.1, 0.15) is 47.2 Å². The molecule has 5 rings (SSSR count). The van der Waals surface area contributed by atoms with E-state index in [0.29, 0.717) is 24.4 Å². The number of fused-ring (bicyclic) bond motifs is 2. The number of piperidine rings is 2. The van der Waals surface area contributed by atoms with E-state index in [9.17, 15) is 14.4 Å². The van der Waals surface area contributed by atoms with Crippen molar-refractivity contribution >= 4 is 17.7 Å². The molecule has 3 atom stereocenters. The molecule has 3 N–H and O–H groups in total. The molecule has 1 aliphatic carbocycles. The van der Waals surface area contributed by atoms with Crippen molar-refractivity contribution < 1.29 is 14.4 Å². The average Bonchev–Trinajstić information content (AvgIpc) is 3.20. The van der Waals surface area contributed by atoms with Gasteiger partial charge in [-0.2, -0.15) is 0 Å². The smallest absolute Gasteiger partial charge is 0.255 e. The van der Waals surface area contributed by atoms with Crippen LogP contribution in [-0.2, 0) is 22.7 Å². The molecule has 1 aromatic carbocycles. The van der Waals surface area contributed by atoms with Crippen LogP contribution in [0.15, 0.2) is 18.2 Å². The molecule has 3 fully saturated rings. The first-order valence-corrected chi connectivity index (χ1v) is 9.71. The van der Waals surface area contributed by atoms with Gasteiger partial charge in [-0.05, 0) is 42.4 Å². The molecule has 27 heavy (non-hydrogen) atoms. The van der Waals surface area contributed by atoms with E-state index in [4.69, 9.17) is 5.73 Å². The number of nitrogens with one attached hydrogen (secondary N) is 1. The van der Waals surface area contributed by atoms with Crippen molar-refractivity contribution in [2.45, 2.75) is 50.4 Å². The van der Waals surface area contributed by atoms with Gasteiger partial charge in [0.2, 0.25) is 11.8 Å². The van der Waals surface area contributed by atoms with Gasteiger partial charge in [0.1, 0.15) is 6.04 Å². The van der Waals surface area contributed by atoms with E-state index in [2.05, 4.69) is 16.3 Å². The lowest BCUT2D eigenvalue weighted by atomic mass is 10.0. The quantitative estimate of drug-likeness (QED) is 0.752. The molecule has 0 aromatic heterocycles. The van der Waals surface area contributed by atoms with Crippen molar-refractivity contribution in [2.75, 3.05) is 13.1 Å². The molecule has 7 heteroatoms. The number of nitrogens with zero attached hydrogens (tertiary/aromatic N) is 2. The molecule has 3 unspecified atom stereocenters. The van der Waals surface area contributed by atoms with Gasteiger partial charge in [-0.1, -0.05) is 12.1 Å². The van der Waals surface area contributed by atoms with Crippen molar-refractivity contribution in [1.82, 2.24) is 15.1 Å². The summed E-state index contributed by atoms with van der Waals surface area (Å²) < 4.78 is 0. The van der Waals surface area contributed by atoms with Gasteiger partial charge in [0.25, 0.3) is 5.91 Å². The molecule has 3 aliphatic heterocycles. The van der Waals surface area contributed by atoms with Gasteiger partial charge in [0.05, 0.1) is 0 Å². The second-order valence-corrected chi connectivity index (χ2v) is 8.46. The molecule has 1 saturated carbocycles. The Bertz CT molecular complexity index is 854. The minimum atomic E-state index is -0.560. The average molecular weight is 368 g/mol. The van der Waals surface area contributed by atoms with E-state index >= 15 is 0 Å². The number of imide groups is 1. The van der Waals surface area contributed by atoms with Crippen LogP contribution < -0.4 is 11.1 Å². The van der Waals surface area contributed by atoms with Crippen LogP contribution in [0.3, 0.4) is 0 Å². The summed E-state index contributed by atoms with van der Waals surface area (Å²) in [5.41, 5.74) is 9.24. The first-order chi connectivity index (χ1) is 12.9. The van der Waals surface area contributed by atoms with Crippen LogP contribution in [0, 0.1) is 5.92 Å². The van der Waals surface area contributed by atoms with Crippen molar-refractivity contribution in [3.8, 4) is 0 Å². The first-order valence-electron chi connectivity index (χ1n) is 9.71. The Morgan fingerprint density at radius 3 is 2.89 bits per heavy atom. The van der Waals surface area contributed by atoms with Crippen LogP contribution in [0.2, 0.25) is 0 Å². The zero-order valence-electron chi connectivity index (χ0n) is 15.2. The largest absolute Gasteiger partial charge is 0.325 e. The second kappa shape index (κ2) is 5.87. The lowest BCUT2D eigenvalue weighted by molar-refractivity contribution is -0.136. The fourth-order valence-electron chi connectivity index (χ4n) is 4.90. The van der Waals surface area contributed by atoms with Crippen LogP contribution in [0.5, 0.6) is 0 Å². The van der Waals surface area contributed by atoms with E-state index in [-0.39, 0.29) is 29.7 Å². The highest BCUT2D eigenvalue weighted by Gasteiger charge is 2.53. The zero-order chi connectivity index (χ0) is 18.8. The van der Waals surface area contributed by atoms with Crippen molar-refractivity contribution in [1.29, 1.82) is 0 Å². The summed E-state index contributed by atoms with van der Waals surface area (Å²) in [6.07, 6.45) is 2.83. The third kappa shape index (κ3) is 2.76. The summed E-state index contributed by atoms with van der Waals surface area (Å²) in [5, 5.41) is 2.36. The van der Waals surface area contributed by atoms with Crippen LogP contribution in [0.25, 0.3) is 0 Å². The van der Waals surface area contributed by atoms with Gasteiger partial charge in [-0.25, -0.2) is 0 Å². The highest BCUT2D eigenvalue weighted by atomic mass is 16.2. The van der Waals surface area contributed by atoms with Gasteiger partial charge in [0, 0.05) is 43.7 Å². The molecular formula is C20H24N4O3. The summed E-state index contributed by atoms with van der Waals surface area (Å²) in [6.45, 7) is 3.26. The maximum Gasteiger partial charge on any atom is 0.255 e. The fraction of sp³-hybridized carbons (Fsp3) is 0.550. The molecule has 142 valence electrons. The predicted molar refractivity (Wildman–Crippen MR) is 97.4 cm³/mol. The lowest BCUT2D eigenvalue weighted by Gasteiger charge is -2.30. The van der Waals surface area contributed by atoms with E-state index < -0.39 is 6.04 Å². The maximum atomic E-state index is 12.9. The number of carbonyl (C=O) groups is 3. The molecule has 3 heterocycles. The summed E-state index contributed by atoms with van der Waals surface area (Å²) in [4.78, 5) is 40.6. The molecule has 0 bridgehead atoms. The Morgan fingerprint density at radius 2 is 2.11 bits per heavy atom. The number of carbonyl (C=O) groups excluding carboxylic acids is 3. The molecule has 1 aromatic rings. The van der Waals surface area contributed by atoms with Crippen LogP contribution in [-0.4, -0.2) is 52.2 Å². The molecular weight excluding hydrogens is 344 g/mol. The lowest BCUT2D eigenvalue weighted by Crippen LogP contribution is -2.52. The Hall–Kier alpha value is -2.25. The SMILES string of the molecule is NC12CCN(Cc3cccc4c3CN(C3CCC(=O)NC3=O)C4=O)CC1C2. The van der Waals surface area contributed by atoms with E-state index in [1.165, 1.54) is 0 Å². The van der Waals surface area contributed by atoms with Crippen molar-refractivity contribution in [3.05, 3.63) is 34.9 Å². The molecule has 3 amide bonds. The Balaban J connectivity index is 1.35. The maximum absolute atomic E-state index is 12.9. The second-order valence-electron chi connectivity index (χ2n) is 8.46. The van der Waals surface area contributed by atoms with Gasteiger partial charge in [0.15, 0.2) is 0 Å². The number of rotatable bonds is 3. The molecule has 7 nitrogen and oxygen atoms in total. The Morgan fingerprint density at radius 1 is 1.26 bits per heavy atom. The minimum absolute atomic E-state index is 0.0771. The van der Waals surface area contributed by atoms with Gasteiger partial charge in [-0.3, -0.25) is 24.6 Å². The van der Waals surface area contributed by atoms with E-state index in [1.54, 1.807) is 4.90 Å². The third-order valence-electron chi connectivity index (χ3n) is 6.72. The Kier molecular flexibility index (Phi) is 3.67. The predicted octanol–water partition coefficient (Wildman–Crippen LogP) is 0.371. The summed E-state index contributed by atoms with van der Waals surface area (Å²) >= 11 is 0. The fourth-order valence-corrected chi connectivity index (χ4v) is 4.90. The summed E-state index contributed by atoms with van der Waals surface area (Å²) in [6, 6.07) is 5.29. The molecule has 0 spiro atoms. The summed E-state index contributed by atoms with van der Waals surface area (Å²) in [5.74, 6) is -0.131. The number of benzene rings is 1. The highest BCUT2D eigenvalue weighted by Crippen LogP contribution is 2.47. The van der Waals surface area contributed by atoms with Gasteiger partial charge in [-0.15, -0.1) is 0 Å². The zero-order valence-corrected chi connectivity index (χ0v) is 15.2. The number of hydrogen-bond acceptors (Lipinski definition) is 5. The van der Waals surface area contributed by atoms with Gasteiger partial charge >= 0.3 is 0 Å². The molecule has 2 saturated heterocycles.